The molecule has 2 rings (SSSR count). The van der Waals surface area contributed by atoms with Crippen LogP contribution in [-0.2, 0) is 0 Å². The number of halogens is 2. The molecule has 0 radical (unpaired) electrons. The molecule has 0 amide bonds. The van der Waals surface area contributed by atoms with Gasteiger partial charge in [-0.15, -0.1) is 0 Å². The lowest BCUT2D eigenvalue weighted by atomic mass is 9.99. The summed E-state index contributed by atoms with van der Waals surface area (Å²) in [6.45, 7) is 1.83. The number of hydrogen-bond donors (Lipinski definition) is 2. The Morgan fingerprint density at radius 3 is 2.61 bits per heavy atom. The van der Waals surface area contributed by atoms with E-state index >= 15 is 0 Å². The number of rotatable bonds is 3. The zero-order valence-corrected chi connectivity index (χ0v) is 10.6. The first-order valence-electron chi connectivity index (χ1n) is 5.45. The normalized spacial score (nSPS) is 12.4. The van der Waals surface area contributed by atoms with Gasteiger partial charge in [0, 0.05) is 6.20 Å². The fourth-order valence-corrected chi connectivity index (χ4v) is 1.99. The van der Waals surface area contributed by atoms with Gasteiger partial charge in [-0.3, -0.25) is 5.84 Å². The van der Waals surface area contributed by atoms with Crippen LogP contribution in [0.2, 0.25) is 5.15 Å². The van der Waals surface area contributed by atoms with Crippen LogP contribution in [0.3, 0.4) is 0 Å². The zero-order chi connectivity index (χ0) is 13.1. The second kappa shape index (κ2) is 5.44. The third-order valence-corrected chi connectivity index (χ3v) is 2.87. The first kappa shape index (κ1) is 13.0. The predicted molar refractivity (Wildman–Crippen MR) is 69.6 cm³/mol. The highest BCUT2D eigenvalue weighted by atomic mass is 35.5. The molecule has 0 saturated carbocycles. The van der Waals surface area contributed by atoms with Crippen molar-refractivity contribution in [2.24, 2.45) is 5.84 Å². The molecule has 1 heterocycles. The van der Waals surface area contributed by atoms with Crippen LogP contribution >= 0.6 is 11.6 Å². The Labute approximate surface area is 110 Å². The number of aromatic nitrogens is 1. The fraction of sp³-hybridized carbons (Fsp3) is 0.154. The van der Waals surface area contributed by atoms with Crippen molar-refractivity contribution in [1.29, 1.82) is 0 Å². The van der Waals surface area contributed by atoms with E-state index in [4.69, 9.17) is 17.4 Å². The van der Waals surface area contributed by atoms with Crippen molar-refractivity contribution in [3.8, 4) is 0 Å². The Bertz CT molecular complexity index is 522. The van der Waals surface area contributed by atoms with Gasteiger partial charge in [-0.1, -0.05) is 23.7 Å². The van der Waals surface area contributed by atoms with Gasteiger partial charge in [0.25, 0.3) is 0 Å². The minimum atomic E-state index is -0.316. The quantitative estimate of drug-likeness (QED) is 0.510. The van der Waals surface area contributed by atoms with Gasteiger partial charge in [-0.05, 0) is 41.8 Å². The summed E-state index contributed by atoms with van der Waals surface area (Å²) in [7, 11) is 0. The summed E-state index contributed by atoms with van der Waals surface area (Å²) in [5, 5.41) is 0.407. The lowest BCUT2D eigenvalue weighted by Gasteiger charge is -2.17. The maximum atomic E-state index is 13.4. The Balaban J connectivity index is 2.41. The van der Waals surface area contributed by atoms with Crippen molar-refractivity contribution in [3.63, 3.8) is 0 Å². The van der Waals surface area contributed by atoms with Crippen LogP contribution in [0.1, 0.15) is 22.7 Å². The minimum absolute atomic E-state index is 0.285. The van der Waals surface area contributed by atoms with Crippen LogP contribution in [-0.4, -0.2) is 4.98 Å². The summed E-state index contributed by atoms with van der Waals surface area (Å²) in [6.07, 6.45) is 1.62. The molecule has 1 unspecified atom stereocenters. The van der Waals surface area contributed by atoms with Gasteiger partial charge >= 0.3 is 0 Å². The van der Waals surface area contributed by atoms with E-state index in [9.17, 15) is 4.39 Å². The van der Waals surface area contributed by atoms with Gasteiger partial charge in [0.05, 0.1) is 6.04 Å². The van der Waals surface area contributed by atoms with E-state index in [-0.39, 0.29) is 11.9 Å². The molecule has 0 bridgehead atoms. The van der Waals surface area contributed by atoms with E-state index in [1.54, 1.807) is 18.3 Å². The molecule has 0 aliphatic heterocycles. The molecular weight excluding hydrogens is 253 g/mol. The van der Waals surface area contributed by atoms with Gasteiger partial charge in [0.1, 0.15) is 11.0 Å². The maximum absolute atomic E-state index is 13.4. The van der Waals surface area contributed by atoms with Gasteiger partial charge in [-0.2, -0.15) is 0 Å². The van der Waals surface area contributed by atoms with Crippen LogP contribution in [0.15, 0.2) is 36.5 Å². The van der Waals surface area contributed by atoms with Crippen LogP contribution in [0, 0.1) is 12.7 Å². The van der Waals surface area contributed by atoms with Crippen molar-refractivity contribution in [2.75, 3.05) is 0 Å². The first-order valence-corrected chi connectivity index (χ1v) is 5.82. The number of benzene rings is 1. The largest absolute Gasteiger partial charge is 0.271 e. The fourth-order valence-electron chi connectivity index (χ4n) is 1.87. The number of nitrogens with zero attached hydrogens (tertiary/aromatic N) is 1. The monoisotopic (exact) mass is 265 g/mol. The smallest absolute Gasteiger partial charge is 0.129 e. The third-order valence-electron chi connectivity index (χ3n) is 2.65. The number of hydrazine groups is 1. The lowest BCUT2D eigenvalue weighted by molar-refractivity contribution is 0.603. The Hall–Kier alpha value is -1.49. The molecule has 1 aromatic carbocycles. The average molecular weight is 266 g/mol. The van der Waals surface area contributed by atoms with Gasteiger partial charge in [0.15, 0.2) is 0 Å². The van der Waals surface area contributed by atoms with Gasteiger partial charge in [-0.25, -0.2) is 14.8 Å². The molecule has 18 heavy (non-hydrogen) atoms. The van der Waals surface area contributed by atoms with Crippen molar-refractivity contribution in [1.82, 2.24) is 10.4 Å². The van der Waals surface area contributed by atoms with E-state index in [0.717, 1.165) is 16.7 Å². The molecule has 5 heteroatoms. The second-order valence-electron chi connectivity index (χ2n) is 4.08. The molecule has 0 aliphatic rings. The highest BCUT2D eigenvalue weighted by Crippen LogP contribution is 2.23. The maximum Gasteiger partial charge on any atom is 0.129 e. The summed E-state index contributed by atoms with van der Waals surface area (Å²) in [5.41, 5.74) is 5.07. The number of aryl methyl sites for hydroxylation is 1. The Kier molecular flexibility index (Phi) is 3.91. The van der Waals surface area contributed by atoms with E-state index < -0.39 is 0 Å². The molecule has 3 N–H and O–H groups in total. The zero-order valence-electron chi connectivity index (χ0n) is 9.82. The highest BCUT2D eigenvalue weighted by Gasteiger charge is 2.14. The second-order valence-corrected chi connectivity index (χ2v) is 4.46. The van der Waals surface area contributed by atoms with Crippen molar-refractivity contribution in [2.45, 2.75) is 13.0 Å². The molecule has 0 saturated heterocycles. The van der Waals surface area contributed by atoms with E-state index in [1.807, 2.05) is 13.0 Å². The molecule has 1 aromatic heterocycles. The van der Waals surface area contributed by atoms with Crippen molar-refractivity contribution < 1.29 is 4.39 Å². The molecular formula is C13H13ClFN3. The van der Waals surface area contributed by atoms with Crippen molar-refractivity contribution in [3.05, 3.63) is 64.2 Å². The molecule has 3 nitrogen and oxygen atoms in total. The standard InChI is InChI=1S/C13H13ClFN3/c1-8-4-10(6-11(15)5-8)13(18-16)9-2-3-12(14)17-7-9/h2-7,13,18H,16H2,1H3. The Morgan fingerprint density at radius 1 is 1.28 bits per heavy atom. The number of nitrogens with two attached hydrogens (primary N) is 1. The SMILES string of the molecule is Cc1cc(F)cc(C(NN)c2ccc(Cl)nc2)c1. The predicted octanol–water partition coefficient (Wildman–Crippen LogP) is 2.74. The molecule has 94 valence electrons. The van der Waals surface area contributed by atoms with Crippen LogP contribution < -0.4 is 11.3 Å². The van der Waals surface area contributed by atoms with E-state index in [0.29, 0.717) is 5.15 Å². The van der Waals surface area contributed by atoms with Crippen LogP contribution in [0.5, 0.6) is 0 Å². The summed E-state index contributed by atoms with van der Waals surface area (Å²) in [5.74, 6) is 5.26. The number of hydrogen-bond acceptors (Lipinski definition) is 3. The van der Waals surface area contributed by atoms with E-state index in [2.05, 4.69) is 10.4 Å². The molecule has 2 aromatic rings. The van der Waals surface area contributed by atoms with Gasteiger partial charge < -0.3 is 0 Å². The first-order chi connectivity index (χ1) is 8.60. The highest BCUT2D eigenvalue weighted by molar-refractivity contribution is 6.29. The molecule has 0 aliphatic carbocycles. The average Bonchev–Trinajstić information content (AvgIpc) is 2.31. The molecule has 0 fully saturated rings. The summed E-state index contributed by atoms with van der Waals surface area (Å²) in [6, 6.07) is 7.96. The lowest BCUT2D eigenvalue weighted by Crippen LogP contribution is -2.29. The van der Waals surface area contributed by atoms with Gasteiger partial charge in [0.2, 0.25) is 0 Å². The van der Waals surface area contributed by atoms with Crippen LogP contribution in [0.4, 0.5) is 4.39 Å². The Morgan fingerprint density at radius 2 is 2.06 bits per heavy atom. The third kappa shape index (κ3) is 2.85. The number of pyridine rings is 1. The number of nitrogens with one attached hydrogen (secondary N) is 1. The topological polar surface area (TPSA) is 50.9 Å². The molecule has 0 spiro atoms. The van der Waals surface area contributed by atoms with E-state index in [1.165, 1.54) is 12.1 Å². The van der Waals surface area contributed by atoms with Crippen LogP contribution in [0.25, 0.3) is 0 Å². The summed E-state index contributed by atoms with van der Waals surface area (Å²) >= 11 is 5.73. The van der Waals surface area contributed by atoms with Crippen molar-refractivity contribution >= 4 is 11.6 Å². The minimum Gasteiger partial charge on any atom is -0.271 e. The summed E-state index contributed by atoms with van der Waals surface area (Å²) < 4.78 is 13.4. The summed E-state index contributed by atoms with van der Waals surface area (Å²) in [4.78, 5) is 3.99. The molecule has 1 atom stereocenters.